The number of urea groups is 1. The van der Waals surface area contributed by atoms with Gasteiger partial charge in [-0.15, -0.1) is 0 Å². The lowest BCUT2D eigenvalue weighted by Gasteiger charge is -2.27. The number of fused-ring (bicyclic) bond motifs is 1. The Morgan fingerprint density at radius 2 is 2.20 bits per heavy atom. The van der Waals surface area contributed by atoms with Crippen LogP contribution in [0, 0.1) is 6.92 Å². The lowest BCUT2D eigenvalue weighted by Crippen LogP contribution is -2.39. The molecular formula is C15H20N2O3. The zero-order valence-corrected chi connectivity index (χ0v) is 11.6. The minimum Gasteiger partial charge on any atom is -0.481 e. The molecule has 0 bridgehead atoms. The van der Waals surface area contributed by atoms with E-state index in [0.717, 1.165) is 19.3 Å². The van der Waals surface area contributed by atoms with Crippen LogP contribution in [0.5, 0.6) is 0 Å². The van der Waals surface area contributed by atoms with Crippen molar-refractivity contribution in [2.45, 2.75) is 38.6 Å². The van der Waals surface area contributed by atoms with Crippen LogP contribution < -0.4 is 10.6 Å². The molecule has 0 spiro atoms. The molecule has 1 atom stereocenters. The summed E-state index contributed by atoms with van der Waals surface area (Å²) in [6.45, 7) is 2.19. The monoisotopic (exact) mass is 276 g/mol. The molecule has 1 aliphatic carbocycles. The number of nitrogens with one attached hydrogen (secondary N) is 2. The molecule has 0 unspecified atom stereocenters. The van der Waals surface area contributed by atoms with Crippen molar-refractivity contribution in [2.24, 2.45) is 0 Å². The maximum Gasteiger partial charge on any atom is 0.315 e. The molecule has 5 nitrogen and oxygen atoms in total. The molecule has 0 aromatic heterocycles. The Bertz CT molecular complexity index is 514. The standard InChI is InChI=1S/C15H20N2O3/c1-10-5-6-11-3-2-4-13(12(11)9-10)17-15(20)16-8-7-14(18)19/h5-6,9,13H,2-4,7-8H2,1H3,(H,18,19)(H2,16,17,20)/t13-/m1/s1. The Hall–Kier alpha value is -2.04. The smallest absolute Gasteiger partial charge is 0.315 e. The van der Waals surface area contributed by atoms with Crippen LogP contribution in [0.15, 0.2) is 18.2 Å². The highest BCUT2D eigenvalue weighted by Gasteiger charge is 2.21. The van der Waals surface area contributed by atoms with Gasteiger partial charge in [0.1, 0.15) is 0 Å². The normalized spacial score (nSPS) is 17.1. The van der Waals surface area contributed by atoms with Gasteiger partial charge in [0, 0.05) is 6.54 Å². The molecule has 0 aliphatic heterocycles. The second-order valence-corrected chi connectivity index (χ2v) is 5.19. The largest absolute Gasteiger partial charge is 0.481 e. The number of carboxylic acid groups (broad SMARTS) is 1. The number of benzene rings is 1. The highest BCUT2D eigenvalue weighted by molar-refractivity contribution is 5.75. The molecule has 2 amide bonds. The lowest BCUT2D eigenvalue weighted by atomic mass is 9.87. The SMILES string of the molecule is Cc1ccc2c(c1)[C@H](NC(=O)NCCC(=O)O)CCC2. The fourth-order valence-corrected chi connectivity index (χ4v) is 2.56. The van der Waals surface area contributed by atoms with E-state index in [1.54, 1.807) is 0 Å². The van der Waals surface area contributed by atoms with E-state index in [1.807, 2.05) is 6.92 Å². The van der Waals surface area contributed by atoms with Crippen LogP contribution in [0.2, 0.25) is 0 Å². The molecule has 0 saturated heterocycles. The number of rotatable bonds is 4. The maximum absolute atomic E-state index is 11.8. The fraction of sp³-hybridized carbons (Fsp3) is 0.467. The predicted molar refractivity (Wildman–Crippen MR) is 75.6 cm³/mol. The first-order chi connectivity index (χ1) is 9.56. The number of carbonyl (C=O) groups is 2. The second kappa shape index (κ2) is 6.41. The maximum atomic E-state index is 11.8. The fourth-order valence-electron chi connectivity index (χ4n) is 2.56. The summed E-state index contributed by atoms with van der Waals surface area (Å²) in [6, 6.07) is 6.06. The van der Waals surface area contributed by atoms with Gasteiger partial charge in [0.25, 0.3) is 0 Å². The molecule has 0 heterocycles. The lowest BCUT2D eigenvalue weighted by molar-refractivity contribution is -0.136. The van der Waals surface area contributed by atoms with E-state index in [9.17, 15) is 9.59 Å². The molecule has 0 saturated carbocycles. The van der Waals surface area contributed by atoms with Crippen LogP contribution in [-0.4, -0.2) is 23.7 Å². The summed E-state index contributed by atoms with van der Waals surface area (Å²) in [7, 11) is 0. The molecular weight excluding hydrogens is 256 g/mol. The van der Waals surface area contributed by atoms with Crippen molar-refractivity contribution in [1.29, 1.82) is 0 Å². The van der Waals surface area contributed by atoms with Gasteiger partial charge in [0.15, 0.2) is 0 Å². The summed E-state index contributed by atoms with van der Waals surface area (Å²) < 4.78 is 0. The average Bonchev–Trinajstić information content (AvgIpc) is 2.39. The number of carbonyl (C=O) groups excluding carboxylic acids is 1. The van der Waals surface area contributed by atoms with Gasteiger partial charge in [0.2, 0.25) is 0 Å². The van der Waals surface area contributed by atoms with Gasteiger partial charge in [-0.1, -0.05) is 23.8 Å². The van der Waals surface area contributed by atoms with Gasteiger partial charge in [-0.25, -0.2) is 4.79 Å². The summed E-state index contributed by atoms with van der Waals surface area (Å²) in [5, 5.41) is 14.0. The molecule has 20 heavy (non-hydrogen) atoms. The van der Waals surface area contributed by atoms with Gasteiger partial charge in [-0.05, 0) is 37.3 Å². The van der Waals surface area contributed by atoms with E-state index >= 15 is 0 Å². The molecule has 1 aromatic rings. The summed E-state index contributed by atoms with van der Waals surface area (Å²) in [5.41, 5.74) is 3.66. The van der Waals surface area contributed by atoms with Crippen LogP contribution in [0.3, 0.4) is 0 Å². The second-order valence-electron chi connectivity index (χ2n) is 5.19. The third-order valence-electron chi connectivity index (χ3n) is 3.55. The van der Waals surface area contributed by atoms with Crippen molar-refractivity contribution in [3.8, 4) is 0 Å². The number of hydrogen-bond acceptors (Lipinski definition) is 2. The molecule has 0 radical (unpaired) electrons. The van der Waals surface area contributed by atoms with Crippen LogP contribution in [-0.2, 0) is 11.2 Å². The first kappa shape index (κ1) is 14.4. The number of carboxylic acids is 1. The summed E-state index contributed by atoms with van der Waals surface area (Å²) >= 11 is 0. The van der Waals surface area contributed by atoms with E-state index in [0.29, 0.717) is 0 Å². The average molecular weight is 276 g/mol. The molecule has 0 fully saturated rings. The number of aryl methyl sites for hydroxylation is 2. The number of aliphatic carboxylic acids is 1. The third kappa shape index (κ3) is 3.73. The molecule has 3 N–H and O–H groups in total. The van der Waals surface area contributed by atoms with Gasteiger partial charge < -0.3 is 15.7 Å². The van der Waals surface area contributed by atoms with Crippen LogP contribution in [0.1, 0.15) is 42.0 Å². The van der Waals surface area contributed by atoms with Crippen LogP contribution >= 0.6 is 0 Å². The number of hydrogen-bond donors (Lipinski definition) is 3. The van der Waals surface area contributed by atoms with E-state index in [4.69, 9.17) is 5.11 Å². The Morgan fingerprint density at radius 3 is 2.95 bits per heavy atom. The molecule has 108 valence electrons. The number of amides is 2. The van der Waals surface area contributed by atoms with Crippen molar-refractivity contribution >= 4 is 12.0 Å². The highest BCUT2D eigenvalue weighted by atomic mass is 16.4. The molecule has 5 heteroatoms. The minimum absolute atomic E-state index is 0.0171. The first-order valence-electron chi connectivity index (χ1n) is 6.92. The van der Waals surface area contributed by atoms with Gasteiger partial charge >= 0.3 is 12.0 Å². The molecule has 2 rings (SSSR count). The topological polar surface area (TPSA) is 78.4 Å². The Balaban J connectivity index is 1.96. The predicted octanol–water partition coefficient (Wildman–Crippen LogP) is 2.15. The highest BCUT2D eigenvalue weighted by Crippen LogP contribution is 2.30. The van der Waals surface area contributed by atoms with Gasteiger partial charge in [-0.2, -0.15) is 0 Å². The van der Waals surface area contributed by atoms with E-state index in [-0.39, 0.29) is 25.0 Å². The van der Waals surface area contributed by atoms with E-state index in [2.05, 4.69) is 28.8 Å². The summed E-state index contributed by atoms with van der Waals surface area (Å²) in [5.74, 6) is -0.913. The third-order valence-corrected chi connectivity index (χ3v) is 3.55. The Morgan fingerprint density at radius 1 is 1.40 bits per heavy atom. The van der Waals surface area contributed by atoms with Crippen LogP contribution in [0.25, 0.3) is 0 Å². The van der Waals surface area contributed by atoms with E-state index < -0.39 is 5.97 Å². The van der Waals surface area contributed by atoms with Crippen molar-refractivity contribution in [2.75, 3.05) is 6.54 Å². The first-order valence-corrected chi connectivity index (χ1v) is 6.92. The van der Waals surface area contributed by atoms with E-state index in [1.165, 1.54) is 16.7 Å². The van der Waals surface area contributed by atoms with Crippen molar-refractivity contribution in [3.05, 3.63) is 34.9 Å². The van der Waals surface area contributed by atoms with Gasteiger partial charge in [-0.3, -0.25) is 4.79 Å². The van der Waals surface area contributed by atoms with Crippen molar-refractivity contribution in [3.63, 3.8) is 0 Å². The molecule has 1 aliphatic rings. The van der Waals surface area contributed by atoms with Crippen LogP contribution in [0.4, 0.5) is 4.79 Å². The zero-order valence-electron chi connectivity index (χ0n) is 11.6. The summed E-state index contributed by atoms with van der Waals surface area (Å²) in [4.78, 5) is 22.2. The summed E-state index contributed by atoms with van der Waals surface area (Å²) in [6.07, 6.45) is 2.96. The Kier molecular flexibility index (Phi) is 4.61. The van der Waals surface area contributed by atoms with Crippen molar-refractivity contribution in [1.82, 2.24) is 10.6 Å². The molecule has 1 aromatic carbocycles. The quantitative estimate of drug-likeness (QED) is 0.788. The zero-order chi connectivity index (χ0) is 14.5. The van der Waals surface area contributed by atoms with Gasteiger partial charge in [0.05, 0.1) is 12.5 Å². The minimum atomic E-state index is -0.913. The van der Waals surface area contributed by atoms with Crippen molar-refractivity contribution < 1.29 is 14.7 Å². The Labute approximate surface area is 118 Å².